The lowest BCUT2D eigenvalue weighted by molar-refractivity contribution is 0.0494. The van der Waals surface area contributed by atoms with Crippen LogP contribution in [0.3, 0.4) is 0 Å². The van der Waals surface area contributed by atoms with Crippen molar-refractivity contribution in [3.63, 3.8) is 0 Å². The zero-order valence-corrected chi connectivity index (χ0v) is 21.4. The van der Waals surface area contributed by atoms with Crippen molar-refractivity contribution in [3.05, 3.63) is 53.1 Å². The van der Waals surface area contributed by atoms with Gasteiger partial charge in [0, 0.05) is 31.4 Å². The van der Waals surface area contributed by atoms with Gasteiger partial charge in [-0.2, -0.15) is 0 Å². The maximum absolute atomic E-state index is 14.1. The normalized spacial score (nSPS) is 17.9. The number of aliphatic hydroxyl groups is 1. The first-order valence-electron chi connectivity index (χ1n) is 12.7. The Balaban J connectivity index is 1.65. The molecule has 2 fully saturated rings. The van der Waals surface area contributed by atoms with Gasteiger partial charge in [-0.15, -0.1) is 0 Å². The minimum atomic E-state index is -3.86. The number of nitrogens with zero attached hydrogens (tertiary/aromatic N) is 1. The van der Waals surface area contributed by atoms with E-state index in [-0.39, 0.29) is 17.5 Å². The van der Waals surface area contributed by atoms with Crippen molar-refractivity contribution >= 4 is 15.7 Å². The number of ether oxygens (including phenoxy) is 2. The predicted octanol–water partition coefficient (Wildman–Crippen LogP) is 4.28. The first kappa shape index (κ1) is 25.9. The third-order valence-electron chi connectivity index (χ3n) is 7.22. The second kappa shape index (κ2) is 11.7. The Morgan fingerprint density at radius 3 is 2.46 bits per heavy atom. The van der Waals surface area contributed by atoms with Crippen LogP contribution < -0.4 is 14.8 Å². The Kier molecular flexibility index (Phi) is 8.70. The van der Waals surface area contributed by atoms with Crippen molar-refractivity contribution in [3.8, 4) is 5.75 Å². The lowest BCUT2D eigenvalue weighted by atomic mass is 9.95. The van der Waals surface area contributed by atoms with Gasteiger partial charge in [0.1, 0.15) is 5.75 Å². The Morgan fingerprint density at radius 2 is 1.80 bits per heavy atom. The molecule has 1 saturated heterocycles. The molecule has 3 N–H and O–H groups in total. The number of aliphatic hydroxyl groups excluding tert-OH is 1. The van der Waals surface area contributed by atoms with Crippen molar-refractivity contribution < 1.29 is 23.0 Å². The number of anilines is 1. The van der Waals surface area contributed by atoms with Crippen LogP contribution in [0.5, 0.6) is 5.75 Å². The third-order valence-corrected chi connectivity index (χ3v) is 9.08. The summed E-state index contributed by atoms with van der Waals surface area (Å²) in [5.74, 6) is 0.936. The number of hydrogen-bond acceptors (Lipinski definition) is 6. The number of nitrogens with two attached hydrogens (primary N) is 1. The Labute approximate surface area is 209 Å². The molecule has 1 aliphatic heterocycles. The summed E-state index contributed by atoms with van der Waals surface area (Å²) in [6, 6.07) is 10.5. The summed E-state index contributed by atoms with van der Waals surface area (Å²) in [7, 11) is -3.86. The van der Waals surface area contributed by atoms with Gasteiger partial charge in [0.15, 0.2) is 0 Å². The quantitative estimate of drug-likeness (QED) is 0.531. The van der Waals surface area contributed by atoms with Crippen LogP contribution in [0.4, 0.5) is 5.69 Å². The first-order chi connectivity index (χ1) is 16.9. The molecule has 0 spiro atoms. The van der Waals surface area contributed by atoms with Crippen LogP contribution in [0.15, 0.2) is 41.3 Å². The molecule has 0 bridgehead atoms. The fraction of sp³-hybridized carbons (Fsp3) is 0.556. The summed E-state index contributed by atoms with van der Waals surface area (Å²) in [6.45, 7) is 4.06. The molecule has 0 aromatic heterocycles. The van der Waals surface area contributed by atoms with Crippen LogP contribution in [0.25, 0.3) is 0 Å². The monoisotopic (exact) mass is 502 g/mol. The maximum atomic E-state index is 14.1. The molecular weight excluding hydrogens is 464 g/mol. The van der Waals surface area contributed by atoms with Crippen molar-refractivity contribution in [2.24, 2.45) is 11.7 Å². The van der Waals surface area contributed by atoms with Crippen molar-refractivity contribution in [1.29, 1.82) is 0 Å². The molecule has 192 valence electrons. The summed E-state index contributed by atoms with van der Waals surface area (Å²) in [5, 5.41) is 10.0. The average molecular weight is 503 g/mol. The first-order valence-corrected chi connectivity index (χ1v) is 14.2. The van der Waals surface area contributed by atoms with Crippen molar-refractivity contribution in [2.75, 3.05) is 24.1 Å². The van der Waals surface area contributed by atoms with Gasteiger partial charge in [-0.25, -0.2) is 8.42 Å². The highest BCUT2D eigenvalue weighted by molar-refractivity contribution is 7.92. The molecule has 0 unspecified atom stereocenters. The lowest BCUT2D eigenvalue weighted by Crippen LogP contribution is -2.42. The van der Waals surface area contributed by atoms with Crippen LogP contribution in [-0.4, -0.2) is 39.4 Å². The molecule has 2 aromatic rings. The SMILES string of the molecule is Cc1cc(CN)ccc1N(C1CCCCC1)S(=O)(=O)c1ccc(OCC2CCOCC2)c(CO)c1. The van der Waals surface area contributed by atoms with Gasteiger partial charge in [0.05, 0.1) is 23.8 Å². The highest BCUT2D eigenvalue weighted by Crippen LogP contribution is 2.36. The number of benzene rings is 2. The van der Waals surface area contributed by atoms with Gasteiger partial charge in [0.25, 0.3) is 10.0 Å². The number of hydrogen-bond donors (Lipinski definition) is 2. The van der Waals surface area contributed by atoms with Crippen LogP contribution in [-0.2, 0) is 27.9 Å². The van der Waals surface area contributed by atoms with E-state index in [1.807, 2.05) is 25.1 Å². The lowest BCUT2D eigenvalue weighted by Gasteiger charge is -2.36. The number of aryl methyl sites for hydroxylation is 1. The Hall–Kier alpha value is -2.13. The van der Waals surface area contributed by atoms with Gasteiger partial charge in [-0.1, -0.05) is 31.4 Å². The van der Waals surface area contributed by atoms with E-state index < -0.39 is 10.0 Å². The zero-order chi connectivity index (χ0) is 24.8. The molecule has 7 nitrogen and oxygen atoms in total. The van der Waals surface area contributed by atoms with Crippen molar-refractivity contribution in [1.82, 2.24) is 0 Å². The van der Waals surface area contributed by atoms with Gasteiger partial charge in [0.2, 0.25) is 0 Å². The van der Waals surface area contributed by atoms with E-state index >= 15 is 0 Å². The van der Waals surface area contributed by atoms with Crippen LogP contribution >= 0.6 is 0 Å². The minimum Gasteiger partial charge on any atom is -0.493 e. The minimum absolute atomic E-state index is 0.0989. The summed E-state index contributed by atoms with van der Waals surface area (Å²) in [5.41, 5.74) is 8.85. The molecule has 2 aliphatic rings. The predicted molar refractivity (Wildman–Crippen MR) is 137 cm³/mol. The van der Waals surface area contributed by atoms with E-state index in [1.54, 1.807) is 22.5 Å². The van der Waals surface area contributed by atoms with Crippen molar-refractivity contribution in [2.45, 2.75) is 76.0 Å². The zero-order valence-electron chi connectivity index (χ0n) is 20.6. The second-order valence-electron chi connectivity index (χ2n) is 9.71. The number of rotatable bonds is 9. The van der Waals surface area contributed by atoms with E-state index in [0.717, 1.165) is 69.3 Å². The van der Waals surface area contributed by atoms with Gasteiger partial charge < -0.3 is 20.3 Å². The van der Waals surface area contributed by atoms with E-state index in [0.29, 0.717) is 36.1 Å². The molecule has 1 aliphatic carbocycles. The molecule has 2 aromatic carbocycles. The van der Waals surface area contributed by atoms with E-state index in [2.05, 4.69) is 0 Å². The van der Waals surface area contributed by atoms with Gasteiger partial charge in [-0.05, 0) is 73.9 Å². The topological polar surface area (TPSA) is 102 Å². The molecule has 8 heteroatoms. The van der Waals surface area contributed by atoms with Crippen LogP contribution in [0.1, 0.15) is 61.6 Å². The number of sulfonamides is 1. The van der Waals surface area contributed by atoms with E-state index in [1.165, 1.54) is 0 Å². The van der Waals surface area contributed by atoms with E-state index in [4.69, 9.17) is 15.2 Å². The molecule has 0 atom stereocenters. The molecular formula is C27H38N2O5S. The smallest absolute Gasteiger partial charge is 0.264 e. The molecule has 0 radical (unpaired) electrons. The largest absolute Gasteiger partial charge is 0.493 e. The molecule has 1 saturated carbocycles. The van der Waals surface area contributed by atoms with Gasteiger partial charge in [-0.3, -0.25) is 4.31 Å². The fourth-order valence-electron chi connectivity index (χ4n) is 5.14. The van der Waals surface area contributed by atoms with Crippen LogP contribution in [0.2, 0.25) is 0 Å². The highest BCUT2D eigenvalue weighted by Gasteiger charge is 2.34. The summed E-state index contributed by atoms with van der Waals surface area (Å²) < 4.78 is 41.2. The second-order valence-corrected chi connectivity index (χ2v) is 11.5. The van der Waals surface area contributed by atoms with Crippen LogP contribution in [0, 0.1) is 12.8 Å². The standard InChI is InChI=1S/C27H38N2O5S/c1-20-15-22(17-28)7-9-26(20)29(24-5-3-2-4-6-24)35(31,32)25-8-10-27(23(16-25)18-30)34-19-21-11-13-33-14-12-21/h7-10,15-16,21,24,30H,2-6,11-14,17-19,28H2,1H3. The molecule has 1 heterocycles. The highest BCUT2D eigenvalue weighted by atomic mass is 32.2. The van der Waals surface area contributed by atoms with E-state index in [9.17, 15) is 13.5 Å². The summed E-state index contributed by atoms with van der Waals surface area (Å²) in [4.78, 5) is 0.174. The third kappa shape index (κ3) is 6.00. The summed E-state index contributed by atoms with van der Waals surface area (Å²) in [6.07, 6.45) is 6.70. The molecule has 0 amide bonds. The Bertz CT molecular complexity index is 1090. The molecule has 4 rings (SSSR count). The summed E-state index contributed by atoms with van der Waals surface area (Å²) >= 11 is 0. The fourth-order valence-corrected chi connectivity index (χ4v) is 6.97. The average Bonchev–Trinajstić information content (AvgIpc) is 2.89. The Morgan fingerprint density at radius 1 is 1.06 bits per heavy atom. The molecule has 35 heavy (non-hydrogen) atoms. The maximum Gasteiger partial charge on any atom is 0.264 e. The van der Waals surface area contributed by atoms with Gasteiger partial charge >= 0.3 is 0 Å².